The van der Waals surface area contributed by atoms with Crippen molar-refractivity contribution in [1.82, 2.24) is 10.0 Å². The maximum atomic E-state index is 13.1. The lowest BCUT2D eigenvalue weighted by atomic mass is 10.1. The van der Waals surface area contributed by atoms with E-state index in [1.54, 1.807) is 18.2 Å². The van der Waals surface area contributed by atoms with Crippen molar-refractivity contribution in [2.45, 2.75) is 56.0 Å². The van der Waals surface area contributed by atoms with E-state index in [2.05, 4.69) is 10.0 Å². The Morgan fingerprint density at radius 2 is 1.83 bits per heavy atom. The molecule has 1 amide bonds. The van der Waals surface area contributed by atoms with Crippen LogP contribution < -0.4 is 14.8 Å². The minimum atomic E-state index is -3.96. The zero-order chi connectivity index (χ0) is 20.9. The topological polar surface area (TPSA) is 84.5 Å². The summed E-state index contributed by atoms with van der Waals surface area (Å²) >= 11 is 0. The number of aryl methyl sites for hydroxylation is 1. The smallest absolute Gasteiger partial charge is 0.244 e. The summed E-state index contributed by atoms with van der Waals surface area (Å²) in [6.45, 7) is 1.81. The van der Waals surface area contributed by atoms with Crippen LogP contribution in [0.4, 0.5) is 0 Å². The van der Waals surface area contributed by atoms with Crippen molar-refractivity contribution in [2.24, 2.45) is 0 Å². The van der Waals surface area contributed by atoms with Crippen LogP contribution in [0.25, 0.3) is 0 Å². The molecule has 1 fully saturated rings. The average Bonchev–Trinajstić information content (AvgIpc) is 3.21. The number of carbonyl (C=O) groups is 1. The lowest BCUT2D eigenvalue weighted by Crippen LogP contribution is -2.50. The molecule has 0 aromatic heterocycles. The van der Waals surface area contributed by atoms with Gasteiger partial charge in [-0.15, -0.1) is 0 Å². The number of amides is 1. The van der Waals surface area contributed by atoms with Gasteiger partial charge >= 0.3 is 0 Å². The Kier molecular flexibility index (Phi) is 6.92. The SMILES string of the molecule is COc1ccc(C)cc1S(=O)(=O)NC(Cc1ccccc1)C(=O)NC1CCCC1. The lowest BCUT2D eigenvalue weighted by Gasteiger charge is -2.22. The molecule has 29 heavy (non-hydrogen) atoms. The Labute approximate surface area is 172 Å². The highest BCUT2D eigenvalue weighted by Gasteiger charge is 2.30. The highest BCUT2D eigenvalue weighted by Crippen LogP contribution is 2.25. The van der Waals surface area contributed by atoms with Gasteiger partial charge in [0.1, 0.15) is 16.7 Å². The molecular formula is C22H28N2O4S. The van der Waals surface area contributed by atoms with Crippen molar-refractivity contribution in [3.63, 3.8) is 0 Å². The van der Waals surface area contributed by atoms with E-state index in [9.17, 15) is 13.2 Å². The van der Waals surface area contributed by atoms with Gasteiger partial charge in [-0.25, -0.2) is 8.42 Å². The minimum absolute atomic E-state index is 0.0340. The van der Waals surface area contributed by atoms with Gasteiger partial charge in [-0.05, 0) is 49.4 Å². The van der Waals surface area contributed by atoms with E-state index in [1.807, 2.05) is 37.3 Å². The van der Waals surface area contributed by atoms with Crippen LogP contribution in [0.5, 0.6) is 5.75 Å². The molecule has 7 heteroatoms. The molecule has 0 radical (unpaired) electrons. The van der Waals surface area contributed by atoms with Crippen LogP contribution in [0.15, 0.2) is 53.4 Å². The molecule has 1 atom stereocenters. The summed E-state index contributed by atoms with van der Waals surface area (Å²) in [6, 6.07) is 13.6. The molecule has 2 N–H and O–H groups in total. The van der Waals surface area contributed by atoms with E-state index in [4.69, 9.17) is 4.74 Å². The summed E-state index contributed by atoms with van der Waals surface area (Å²) in [4.78, 5) is 13.0. The molecule has 2 aromatic rings. The normalized spacial score (nSPS) is 15.8. The fraction of sp³-hybridized carbons (Fsp3) is 0.409. The number of methoxy groups -OCH3 is 1. The summed E-state index contributed by atoms with van der Waals surface area (Å²) in [5, 5.41) is 3.02. The number of hydrogen-bond donors (Lipinski definition) is 2. The number of ether oxygens (including phenoxy) is 1. The van der Waals surface area contributed by atoms with Gasteiger partial charge in [-0.3, -0.25) is 4.79 Å². The van der Waals surface area contributed by atoms with Gasteiger partial charge in [0.15, 0.2) is 0 Å². The number of hydrogen-bond acceptors (Lipinski definition) is 4. The molecule has 0 bridgehead atoms. The average molecular weight is 417 g/mol. The van der Waals surface area contributed by atoms with Crippen LogP contribution in [0.1, 0.15) is 36.8 Å². The van der Waals surface area contributed by atoms with Gasteiger partial charge in [0.05, 0.1) is 7.11 Å². The first-order valence-electron chi connectivity index (χ1n) is 9.90. The van der Waals surface area contributed by atoms with Crippen molar-refractivity contribution in [3.05, 3.63) is 59.7 Å². The molecule has 2 aromatic carbocycles. The van der Waals surface area contributed by atoms with Crippen molar-refractivity contribution in [1.29, 1.82) is 0 Å². The van der Waals surface area contributed by atoms with Crippen LogP contribution in [0, 0.1) is 6.92 Å². The van der Waals surface area contributed by atoms with Gasteiger partial charge in [0.2, 0.25) is 15.9 Å². The summed E-state index contributed by atoms with van der Waals surface area (Å²) < 4.78 is 34.1. The first kappa shape index (κ1) is 21.3. The van der Waals surface area contributed by atoms with Gasteiger partial charge in [-0.2, -0.15) is 4.72 Å². The molecule has 0 heterocycles. The zero-order valence-corrected chi connectivity index (χ0v) is 17.7. The van der Waals surface area contributed by atoms with E-state index < -0.39 is 16.1 Å². The summed E-state index contributed by atoms with van der Waals surface area (Å²) in [7, 11) is -2.53. The third kappa shape index (κ3) is 5.58. The van der Waals surface area contributed by atoms with E-state index in [0.717, 1.165) is 36.8 Å². The molecule has 1 aliphatic carbocycles. The van der Waals surface area contributed by atoms with Crippen LogP contribution in [-0.2, 0) is 21.2 Å². The molecule has 1 aliphatic rings. The van der Waals surface area contributed by atoms with Crippen molar-refractivity contribution >= 4 is 15.9 Å². The van der Waals surface area contributed by atoms with Crippen LogP contribution >= 0.6 is 0 Å². The monoisotopic (exact) mass is 416 g/mol. The summed E-state index contributed by atoms with van der Waals surface area (Å²) in [6.07, 6.45) is 4.30. The van der Waals surface area contributed by atoms with E-state index in [-0.39, 0.29) is 29.0 Å². The first-order chi connectivity index (χ1) is 13.9. The number of sulfonamides is 1. The predicted molar refractivity (Wildman–Crippen MR) is 112 cm³/mol. The first-order valence-corrected chi connectivity index (χ1v) is 11.4. The largest absolute Gasteiger partial charge is 0.495 e. The molecule has 156 valence electrons. The summed E-state index contributed by atoms with van der Waals surface area (Å²) in [5.74, 6) is -0.0475. The maximum absolute atomic E-state index is 13.1. The second kappa shape index (κ2) is 9.41. The Balaban J connectivity index is 1.86. The van der Waals surface area contributed by atoms with Crippen LogP contribution in [-0.4, -0.2) is 33.5 Å². The Morgan fingerprint density at radius 3 is 2.48 bits per heavy atom. The molecule has 0 spiro atoms. The van der Waals surface area contributed by atoms with Crippen molar-refractivity contribution < 1.29 is 17.9 Å². The Bertz CT molecular complexity index is 939. The quantitative estimate of drug-likeness (QED) is 0.693. The van der Waals surface area contributed by atoms with Crippen LogP contribution in [0.3, 0.4) is 0 Å². The lowest BCUT2D eigenvalue weighted by molar-refractivity contribution is -0.123. The number of rotatable bonds is 8. The minimum Gasteiger partial charge on any atom is -0.495 e. The molecule has 0 aliphatic heterocycles. The third-order valence-electron chi connectivity index (χ3n) is 5.21. The molecule has 1 unspecified atom stereocenters. The standard InChI is InChI=1S/C22H28N2O4S/c1-16-12-13-20(28-2)21(14-16)29(26,27)24-19(15-17-8-4-3-5-9-17)22(25)23-18-10-6-7-11-18/h3-5,8-9,12-14,18-19,24H,6-7,10-11,15H2,1-2H3,(H,23,25). The maximum Gasteiger partial charge on any atom is 0.244 e. The van der Waals surface area contributed by atoms with Gasteiger partial charge in [-0.1, -0.05) is 49.2 Å². The molecule has 1 saturated carbocycles. The molecular weight excluding hydrogens is 388 g/mol. The van der Waals surface area contributed by atoms with E-state index in [1.165, 1.54) is 7.11 Å². The van der Waals surface area contributed by atoms with E-state index >= 15 is 0 Å². The number of carbonyl (C=O) groups excluding carboxylic acids is 1. The number of nitrogens with one attached hydrogen (secondary N) is 2. The Hall–Kier alpha value is -2.38. The highest BCUT2D eigenvalue weighted by molar-refractivity contribution is 7.89. The zero-order valence-electron chi connectivity index (χ0n) is 16.9. The van der Waals surface area contributed by atoms with Gasteiger partial charge < -0.3 is 10.1 Å². The summed E-state index contributed by atoms with van der Waals surface area (Å²) in [5.41, 5.74) is 1.68. The fourth-order valence-corrected chi connectivity index (χ4v) is 5.10. The third-order valence-corrected chi connectivity index (χ3v) is 6.70. The predicted octanol–water partition coefficient (Wildman–Crippen LogP) is 2.95. The fourth-order valence-electron chi connectivity index (χ4n) is 3.65. The van der Waals surface area contributed by atoms with Crippen molar-refractivity contribution in [3.8, 4) is 5.75 Å². The van der Waals surface area contributed by atoms with Crippen LogP contribution in [0.2, 0.25) is 0 Å². The van der Waals surface area contributed by atoms with E-state index in [0.29, 0.717) is 0 Å². The van der Waals surface area contributed by atoms with Crippen molar-refractivity contribution in [2.75, 3.05) is 7.11 Å². The Morgan fingerprint density at radius 1 is 1.14 bits per heavy atom. The molecule has 6 nitrogen and oxygen atoms in total. The second-order valence-electron chi connectivity index (χ2n) is 7.51. The second-order valence-corrected chi connectivity index (χ2v) is 9.19. The van der Waals surface area contributed by atoms with Gasteiger partial charge in [0, 0.05) is 6.04 Å². The molecule has 3 rings (SSSR count). The highest BCUT2D eigenvalue weighted by atomic mass is 32.2. The van der Waals surface area contributed by atoms with Gasteiger partial charge in [0.25, 0.3) is 0 Å². The molecule has 0 saturated heterocycles. The number of benzene rings is 2.